The summed E-state index contributed by atoms with van der Waals surface area (Å²) in [6.07, 6.45) is 3.49. The van der Waals surface area contributed by atoms with E-state index < -0.39 is 156 Å². The number of carbonyl (C=O) groups is 11. The largest absolute Gasteiger partial charge is 0.390 e. The maximum absolute atomic E-state index is 15.1. The lowest BCUT2D eigenvalue weighted by Crippen LogP contribution is -2.63. The highest BCUT2D eigenvalue weighted by atomic mass is 16.3. The second-order valence-corrected chi connectivity index (χ2v) is 25.2. The SMILES string of the molecule is C/C=C/C[C@@H](C)[C@@H](O)[C@H]1C(=O)N[C@@H](CC)C(=O)N(C)CC(=O)N(C)[C@@H](CCC)C(=O)N[C@@H](C(C)C)C(=O)N(C)[C@@H](C)C(=O)N[C@@H](CC(C)C)C(=O)N[C@H](C)C(=O)N(C)[C@@H](CC(C)C)C(=O)N(C)[C@@H](CC(C)C)C(=O)N(C)[C@@H](C(C)C)C(=O)N1C. The van der Waals surface area contributed by atoms with Gasteiger partial charge in [0, 0.05) is 49.3 Å². The predicted octanol–water partition coefficient (Wildman–Crippen LogP) is 3.02. The number of carbonyl (C=O) groups excluding carboxylic acids is 11. The highest BCUT2D eigenvalue weighted by Crippen LogP contribution is 2.25. The van der Waals surface area contributed by atoms with Gasteiger partial charge in [-0.2, -0.15) is 0 Å². The Hall–Kier alpha value is -6.13. The highest BCUT2D eigenvalue weighted by molar-refractivity contribution is 5.99. The molecule has 1 saturated heterocycles. The van der Waals surface area contributed by atoms with E-state index in [4.69, 9.17) is 0 Å². The van der Waals surface area contributed by atoms with E-state index in [-0.39, 0.29) is 49.9 Å². The summed E-state index contributed by atoms with van der Waals surface area (Å²) in [5.74, 6) is -9.55. The molecule has 0 aromatic carbocycles. The summed E-state index contributed by atoms with van der Waals surface area (Å²) in [5, 5.41) is 23.1. The molecule has 1 aliphatic heterocycles. The molecule has 0 aromatic heterocycles. The third-order valence-corrected chi connectivity index (χ3v) is 16.0. The number of nitrogens with zero attached hydrogens (tertiary/aromatic N) is 7. The van der Waals surface area contributed by atoms with Gasteiger partial charge in [0.05, 0.1) is 12.6 Å². The minimum absolute atomic E-state index is 0.0254. The van der Waals surface area contributed by atoms with Gasteiger partial charge in [0.1, 0.15) is 60.4 Å². The van der Waals surface area contributed by atoms with Gasteiger partial charge in [-0.3, -0.25) is 52.7 Å². The molecule has 0 aromatic rings. The molecule has 23 heteroatoms. The standard InChI is InChI=1S/C61H109N11O12/c1-24-27-29-39(14)51(74)50-55(78)63-42(26-3)57(80)66(17)33-47(73)68(19)44(28-25-2)54(77)65-48(37(10)11)60(83)67(18)41(16)52(75)64-43(30-34(4)5)53(76)62-40(15)56(79)69(20)45(31-35(6)7)58(81)70(21)46(32-36(8)9)59(82)71(22)49(38(12)13)61(84)72(50)23/h24,27,34-46,48-51,74H,25-26,28-33H2,1-23H3,(H,62,76)(H,63,78)(H,64,75)(H,65,77)/b27-24+/t39-,40-,41+,42+,43+,44+,45+,46+,48+,49+,50+,51-/m1/s1. The van der Waals surface area contributed by atoms with Crippen molar-refractivity contribution in [3.05, 3.63) is 12.2 Å². The molecule has 480 valence electrons. The molecule has 84 heavy (non-hydrogen) atoms. The van der Waals surface area contributed by atoms with Crippen molar-refractivity contribution in [2.75, 3.05) is 55.9 Å². The molecule has 0 spiro atoms. The third-order valence-electron chi connectivity index (χ3n) is 16.0. The molecular weight excluding hydrogens is 1080 g/mol. The van der Waals surface area contributed by atoms with Crippen LogP contribution >= 0.6 is 0 Å². The maximum atomic E-state index is 15.1. The Morgan fingerprint density at radius 3 is 1.45 bits per heavy atom. The molecule has 0 aliphatic carbocycles. The second-order valence-electron chi connectivity index (χ2n) is 25.2. The zero-order chi connectivity index (χ0) is 65.1. The lowest BCUT2D eigenvalue weighted by molar-refractivity contribution is -0.157. The van der Waals surface area contributed by atoms with E-state index in [9.17, 15) is 48.3 Å². The Bertz CT molecular complexity index is 2290. The van der Waals surface area contributed by atoms with E-state index in [0.717, 1.165) is 14.7 Å². The Morgan fingerprint density at radius 2 is 0.988 bits per heavy atom. The maximum Gasteiger partial charge on any atom is 0.246 e. The van der Waals surface area contributed by atoms with Gasteiger partial charge in [-0.1, -0.05) is 109 Å². The quantitative estimate of drug-likeness (QED) is 0.148. The van der Waals surface area contributed by atoms with Gasteiger partial charge in [-0.15, -0.1) is 0 Å². The van der Waals surface area contributed by atoms with Crippen LogP contribution in [0.15, 0.2) is 12.2 Å². The Balaban J connectivity index is 4.30. The normalized spacial score (nSPS) is 27.0. The van der Waals surface area contributed by atoms with Gasteiger partial charge in [0.25, 0.3) is 0 Å². The first-order valence-corrected chi connectivity index (χ1v) is 30.2. The van der Waals surface area contributed by atoms with Crippen LogP contribution in [-0.4, -0.2) is 227 Å². The van der Waals surface area contributed by atoms with E-state index in [1.54, 1.807) is 60.6 Å². The summed E-state index contributed by atoms with van der Waals surface area (Å²) in [6, 6.07) is -12.3. The number of amides is 11. The van der Waals surface area contributed by atoms with Crippen LogP contribution in [0.1, 0.15) is 156 Å². The van der Waals surface area contributed by atoms with E-state index in [2.05, 4.69) is 21.3 Å². The fraction of sp³-hybridized carbons (Fsp3) is 0.787. The number of aliphatic hydroxyl groups is 1. The molecule has 1 heterocycles. The molecule has 0 unspecified atom stereocenters. The van der Waals surface area contributed by atoms with Crippen LogP contribution in [0.4, 0.5) is 0 Å². The van der Waals surface area contributed by atoms with Gasteiger partial charge < -0.3 is 60.7 Å². The van der Waals surface area contributed by atoms with Crippen LogP contribution in [0.25, 0.3) is 0 Å². The lowest BCUT2D eigenvalue weighted by atomic mass is 9.91. The Kier molecular flexibility index (Phi) is 31.4. The zero-order valence-corrected chi connectivity index (χ0v) is 55.2. The van der Waals surface area contributed by atoms with Crippen LogP contribution in [0.2, 0.25) is 0 Å². The van der Waals surface area contributed by atoms with Crippen molar-refractivity contribution < 1.29 is 57.8 Å². The molecule has 0 radical (unpaired) electrons. The summed E-state index contributed by atoms with van der Waals surface area (Å²) >= 11 is 0. The minimum atomic E-state index is -1.61. The van der Waals surface area contributed by atoms with Gasteiger partial charge in [0.2, 0.25) is 65.0 Å². The van der Waals surface area contributed by atoms with Crippen molar-refractivity contribution in [3.63, 3.8) is 0 Å². The average molecular weight is 1190 g/mol. The first-order chi connectivity index (χ1) is 38.9. The third kappa shape index (κ3) is 20.8. The monoisotopic (exact) mass is 1190 g/mol. The van der Waals surface area contributed by atoms with Crippen LogP contribution < -0.4 is 21.3 Å². The fourth-order valence-electron chi connectivity index (χ4n) is 10.5. The van der Waals surface area contributed by atoms with Gasteiger partial charge >= 0.3 is 0 Å². The first kappa shape index (κ1) is 75.9. The molecule has 5 N–H and O–H groups in total. The van der Waals surface area contributed by atoms with Crippen molar-refractivity contribution in [2.45, 2.75) is 222 Å². The fourth-order valence-corrected chi connectivity index (χ4v) is 10.5. The molecule has 1 fully saturated rings. The first-order valence-electron chi connectivity index (χ1n) is 30.2. The number of aliphatic hydroxyl groups excluding tert-OH is 1. The Morgan fingerprint density at radius 1 is 0.500 bits per heavy atom. The summed E-state index contributed by atoms with van der Waals surface area (Å²) in [5.41, 5.74) is 0. The lowest BCUT2D eigenvalue weighted by Gasteiger charge is -2.41. The molecule has 0 bridgehead atoms. The number of rotatable bonds is 15. The molecule has 0 saturated carbocycles. The van der Waals surface area contributed by atoms with Gasteiger partial charge in [-0.05, 0) is 94.8 Å². The van der Waals surface area contributed by atoms with Gasteiger partial charge in [-0.25, -0.2) is 0 Å². The van der Waals surface area contributed by atoms with Crippen LogP contribution in [0, 0.1) is 35.5 Å². The highest BCUT2D eigenvalue weighted by Gasteiger charge is 2.45. The summed E-state index contributed by atoms with van der Waals surface area (Å²) in [4.78, 5) is 168. The van der Waals surface area contributed by atoms with Gasteiger partial charge in [0.15, 0.2) is 0 Å². The number of hydrogen-bond donors (Lipinski definition) is 5. The van der Waals surface area contributed by atoms with Crippen molar-refractivity contribution in [1.82, 2.24) is 55.6 Å². The molecule has 12 atom stereocenters. The van der Waals surface area contributed by atoms with Crippen molar-refractivity contribution in [3.8, 4) is 0 Å². The number of nitrogens with one attached hydrogen (secondary N) is 4. The van der Waals surface area contributed by atoms with E-state index in [1.165, 1.54) is 82.8 Å². The van der Waals surface area contributed by atoms with Crippen LogP contribution in [-0.2, 0) is 52.7 Å². The summed E-state index contributed by atoms with van der Waals surface area (Å²) in [6.45, 7) is 27.4. The van der Waals surface area contributed by atoms with Crippen molar-refractivity contribution >= 4 is 65.0 Å². The smallest absolute Gasteiger partial charge is 0.246 e. The van der Waals surface area contributed by atoms with Crippen molar-refractivity contribution in [2.24, 2.45) is 35.5 Å². The minimum Gasteiger partial charge on any atom is -0.390 e. The summed E-state index contributed by atoms with van der Waals surface area (Å²) < 4.78 is 0. The van der Waals surface area contributed by atoms with Crippen LogP contribution in [0.5, 0.6) is 0 Å². The molecule has 23 nitrogen and oxygen atoms in total. The predicted molar refractivity (Wildman–Crippen MR) is 324 cm³/mol. The topological polar surface area (TPSA) is 279 Å². The Labute approximate surface area is 502 Å². The van der Waals surface area contributed by atoms with Crippen molar-refractivity contribution in [1.29, 1.82) is 0 Å². The molecule has 1 aliphatic rings. The second kappa shape index (κ2) is 34.7. The van der Waals surface area contributed by atoms with E-state index >= 15 is 9.59 Å². The molecule has 1 rings (SSSR count). The van der Waals surface area contributed by atoms with E-state index in [1.807, 2.05) is 48.5 Å². The molecular formula is C61H109N11O12. The number of hydrogen-bond acceptors (Lipinski definition) is 12. The van der Waals surface area contributed by atoms with E-state index in [0.29, 0.717) is 12.8 Å². The zero-order valence-electron chi connectivity index (χ0n) is 55.2. The molecule has 11 amide bonds. The number of allylic oxidation sites excluding steroid dienone is 2. The average Bonchev–Trinajstić information content (AvgIpc) is 3.41. The van der Waals surface area contributed by atoms with Crippen LogP contribution in [0.3, 0.4) is 0 Å². The summed E-state index contributed by atoms with van der Waals surface area (Å²) in [7, 11) is 9.87. The number of likely N-dealkylation sites (N-methyl/N-ethyl adjacent to an activating group) is 7.